The number of hydrogen-bond acceptors (Lipinski definition) is 12. The van der Waals surface area contributed by atoms with E-state index in [0.29, 0.717) is 37.0 Å². The highest BCUT2D eigenvalue weighted by Gasteiger charge is 2.53. The Kier molecular flexibility index (Phi) is 9.75. The summed E-state index contributed by atoms with van der Waals surface area (Å²) in [6.45, 7) is 0.940. The van der Waals surface area contributed by atoms with Crippen LogP contribution in [-0.4, -0.2) is 59.2 Å². The molecule has 0 amide bonds. The summed E-state index contributed by atoms with van der Waals surface area (Å²) in [5.74, 6) is -0.0369. The number of nitrogens with zero attached hydrogens (tertiary/aromatic N) is 4. The van der Waals surface area contributed by atoms with Gasteiger partial charge >= 0.3 is 11.9 Å². The van der Waals surface area contributed by atoms with E-state index in [1.807, 2.05) is 61.2 Å². The van der Waals surface area contributed by atoms with Crippen molar-refractivity contribution in [3.05, 3.63) is 110 Å². The number of nitrogens with one attached hydrogen (secondary N) is 2. The molecular weight excluding hydrogens is 669 g/mol. The van der Waals surface area contributed by atoms with Crippen molar-refractivity contribution in [2.45, 2.75) is 69.4 Å². The maximum atomic E-state index is 12.4. The van der Waals surface area contributed by atoms with Crippen molar-refractivity contribution in [2.75, 3.05) is 22.9 Å². The van der Waals surface area contributed by atoms with Crippen molar-refractivity contribution >= 4 is 46.8 Å². The minimum absolute atomic E-state index is 0.172. The number of hydrogen-bond donors (Lipinski definition) is 2. The van der Waals surface area contributed by atoms with Crippen molar-refractivity contribution in [3.8, 4) is 0 Å². The Hall–Kier alpha value is -4.36. The Balaban J connectivity index is 0.779. The summed E-state index contributed by atoms with van der Waals surface area (Å²) < 4.78 is 0. The van der Waals surface area contributed by atoms with Gasteiger partial charge < -0.3 is 19.5 Å². The van der Waals surface area contributed by atoms with Crippen LogP contribution in [0.2, 0.25) is 0 Å². The summed E-state index contributed by atoms with van der Waals surface area (Å²) in [4.78, 5) is 53.6. The fraction of sp³-hybridized carbons (Fsp3) is 0.316. The third-order valence-electron chi connectivity index (χ3n) is 9.71. The van der Waals surface area contributed by atoms with Gasteiger partial charge in [0.25, 0.3) is 0 Å². The zero-order chi connectivity index (χ0) is 33.9. The highest BCUT2D eigenvalue weighted by Crippen LogP contribution is 2.51. The molecule has 2 aliphatic heterocycles. The Morgan fingerprint density at radius 3 is 1.52 bits per heavy atom. The summed E-state index contributed by atoms with van der Waals surface area (Å²) in [5, 5.41) is 0. The predicted molar refractivity (Wildman–Crippen MR) is 192 cm³/mol. The lowest BCUT2D eigenvalue weighted by Gasteiger charge is -2.29. The van der Waals surface area contributed by atoms with Crippen LogP contribution in [0.1, 0.15) is 25.7 Å². The smallest absolute Gasteiger partial charge is 0.349 e. The van der Waals surface area contributed by atoms with Crippen LogP contribution >= 0.6 is 23.5 Å². The fourth-order valence-electron chi connectivity index (χ4n) is 7.37. The molecule has 12 heteroatoms. The molecule has 0 radical (unpaired) electrons. The zero-order valence-electron chi connectivity index (χ0n) is 27.3. The second-order valence-electron chi connectivity index (χ2n) is 13.2. The van der Waals surface area contributed by atoms with Gasteiger partial charge in [-0.15, -0.1) is 0 Å². The predicted octanol–water partition coefficient (Wildman–Crippen LogP) is 6.07. The summed E-state index contributed by atoms with van der Waals surface area (Å²) >= 11 is 3.38. The number of pyridine rings is 2. The average Bonchev–Trinajstić information content (AvgIpc) is 4.01. The molecule has 2 aromatic carbocycles. The topological polar surface area (TPSA) is 109 Å². The number of carbonyl (C=O) groups excluding carboxylic acids is 2. The quantitative estimate of drug-likeness (QED) is 0.118. The third kappa shape index (κ3) is 7.83. The van der Waals surface area contributed by atoms with Gasteiger partial charge in [0.1, 0.15) is 0 Å². The molecule has 0 bridgehead atoms. The molecule has 2 saturated heterocycles. The van der Waals surface area contributed by atoms with E-state index in [-0.39, 0.29) is 12.1 Å². The maximum absolute atomic E-state index is 12.4. The largest absolute Gasteiger partial charge is 0.367 e. The molecule has 10 nitrogen and oxygen atoms in total. The molecule has 4 aromatic rings. The molecule has 8 rings (SSSR count). The van der Waals surface area contributed by atoms with Crippen molar-refractivity contribution in [3.63, 3.8) is 0 Å². The lowest BCUT2D eigenvalue weighted by atomic mass is 10.1. The van der Waals surface area contributed by atoms with Gasteiger partial charge in [0.05, 0.1) is 36.9 Å². The number of hydroxylamine groups is 2. The Labute approximate surface area is 299 Å². The van der Waals surface area contributed by atoms with Crippen LogP contribution < -0.4 is 20.8 Å². The number of fused-ring (bicyclic) bond motifs is 2. The van der Waals surface area contributed by atoms with E-state index in [1.54, 1.807) is 23.5 Å². The summed E-state index contributed by atoms with van der Waals surface area (Å²) in [6, 6.07) is 26.2. The van der Waals surface area contributed by atoms with Crippen LogP contribution in [0.5, 0.6) is 0 Å². The molecule has 2 N–H and O–H groups in total. The number of rotatable bonds is 14. The number of carbonyl (C=O) groups is 2. The van der Waals surface area contributed by atoms with E-state index in [2.05, 4.69) is 67.1 Å². The monoisotopic (exact) mass is 706 g/mol. The lowest BCUT2D eigenvalue weighted by Crippen LogP contribution is -2.41. The Bertz CT molecular complexity index is 1720. The number of anilines is 2. The maximum Gasteiger partial charge on any atom is 0.349 e. The minimum atomic E-state index is -0.664. The van der Waals surface area contributed by atoms with Crippen molar-refractivity contribution < 1.29 is 19.3 Å². The third-order valence-corrected chi connectivity index (χ3v) is 11.6. The fourth-order valence-corrected chi connectivity index (χ4v) is 9.08. The van der Waals surface area contributed by atoms with Gasteiger partial charge in [0.15, 0.2) is 0 Å². The number of piperidine rings is 2. The van der Waals surface area contributed by atoms with Crippen LogP contribution in [0, 0.1) is 11.8 Å². The van der Waals surface area contributed by atoms with E-state index >= 15 is 0 Å². The van der Waals surface area contributed by atoms with Gasteiger partial charge in [-0.2, -0.15) is 11.0 Å². The van der Waals surface area contributed by atoms with Gasteiger partial charge in [-0.1, -0.05) is 59.9 Å². The molecule has 6 unspecified atom stereocenters. The van der Waals surface area contributed by atoms with E-state index in [1.165, 1.54) is 22.6 Å². The summed E-state index contributed by atoms with van der Waals surface area (Å²) in [6.07, 6.45) is 14.1. The van der Waals surface area contributed by atoms with Crippen molar-refractivity contribution in [1.82, 2.24) is 20.9 Å². The van der Waals surface area contributed by atoms with Crippen LogP contribution in [0.15, 0.2) is 129 Å². The number of benzene rings is 2. The van der Waals surface area contributed by atoms with Gasteiger partial charge in [-0.3, -0.25) is 9.97 Å². The standard InChI is InChI=1S/C38H38N6O4S2/c45-37(47-41-21-27-13-25-15-35(25)43(27)29-17-33(23-39-19-29)49-31-7-3-1-4-8-31)11-12-38(46)48-42-22-28-14-26-16-36(26)44(28)30-18-34(24-40-20-30)50-32-9-5-2-6-10-32/h1-12,17-20,23-28,35-36,41-42H,13-16,21-22H2/b12-11+. The molecular formula is C38H38N6O4S2. The molecule has 0 spiro atoms. The molecule has 4 heterocycles. The molecule has 2 aliphatic carbocycles. The zero-order valence-corrected chi connectivity index (χ0v) is 29.0. The molecule has 50 heavy (non-hydrogen) atoms. The van der Waals surface area contributed by atoms with Crippen LogP contribution in [0.25, 0.3) is 0 Å². The normalized spacial score (nSPS) is 24.6. The van der Waals surface area contributed by atoms with Gasteiger partial charge in [-0.05, 0) is 73.9 Å². The van der Waals surface area contributed by atoms with E-state index < -0.39 is 11.9 Å². The van der Waals surface area contributed by atoms with E-state index in [9.17, 15) is 9.59 Å². The van der Waals surface area contributed by atoms with Gasteiger partial charge in [-0.25, -0.2) is 9.59 Å². The Morgan fingerprint density at radius 1 is 0.640 bits per heavy atom. The first-order valence-corrected chi connectivity index (χ1v) is 18.7. The average molecular weight is 707 g/mol. The molecule has 2 saturated carbocycles. The molecule has 2 aromatic heterocycles. The summed E-state index contributed by atoms with van der Waals surface area (Å²) in [7, 11) is 0. The highest BCUT2D eigenvalue weighted by atomic mass is 32.2. The van der Waals surface area contributed by atoms with Gasteiger partial charge in [0, 0.05) is 68.3 Å². The Morgan fingerprint density at radius 2 is 1.08 bits per heavy atom. The van der Waals surface area contributed by atoms with Crippen molar-refractivity contribution in [1.29, 1.82) is 0 Å². The van der Waals surface area contributed by atoms with Gasteiger partial charge in [0.2, 0.25) is 0 Å². The molecule has 4 aliphatic rings. The number of aromatic nitrogens is 2. The first-order valence-electron chi connectivity index (χ1n) is 17.1. The first kappa shape index (κ1) is 32.8. The second kappa shape index (κ2) is 14.9. The SMILES string of the molecule is O=C(/C=C/C(=O)ONCC1CC2CC2N1c1cncc(Sc2ccccc2)c1)ONCC1CC2CC2N1c1cncc(Sc2ccccc2)c1. The van der Waals surface area contributed by atoms with Crippen LogP contribution in [0.3, 0.4) is 0 Å². The molecule has 6 atom stereocenters. The molecule has 4 fully saturated rings. The highest BCUT2D eigenvalue weighted by molar-refractivity contribution is 7.99. The first-order chi connectivity index (χ1) is 24.6. The summed E-state index contributed by atoms with van der Waals surface area (Å²) in [5.41, 5.74) is 7.80. The lowest BCUT2D eigenvalue weighted by molar-refractivity contribution is -0.147. The van der Waals surface area contributed by atoms with Crippen LogP contribution in [0.4, 0.5) is 11.4 Å². The van der Waals surface area contributed by atoms with Crippen LogP contribution in [-0.2, 0) is 19.3 Å². The minimum Gasteiger partial charge on any atom is -0.367 e. The van der Waals surface area contributed by atoms with E-state index in [0.717, 1.165) is 46.2 Å². The molecule has 256 valence electrons. The second-order valence-corrected chi connectivity index (χ2v) is 15.5. The van der Waals surface area contributed by atoms with Crippen molar-refractivity contribution in [2.24, 2.45) is 11.8 Å². The van der Waals surface area contributed by atoms with E-state index in [4.69, 9.17) is 9.68 Å².